The van der Waals surface area contributed by atoms with Crippen LogP contribution in [0.1, 0.15) is 50.9 Å². The van der Waals surface area contributed by atoms with Crippen molar-refractivity contribution in [1.29, 1.82) is 0 Å². The van der Waals surface area contributed by atoms with Gasteiger partial charge in [-0.3, -0.25) is 24.3 Å². The van der Waals surface area contributed by atoms with Gasteiger partial charge >= 0.3 is 12.6 Å². The van der Waals surface area contributed by atoms with Crippen LogP contribution in [0.4, 0.5) is 8.78 Å². The zero-order valence-electron chi connectivity index (χ0n) is 21.2. The molecule has 0 radical (unpaired) electrons. The van der Waals surface area contributed by atoms with E-state index in [1.54, 1.807) is 0 Å². The van der Waals surface area contributed by atoms with E-state index in [4.69, 9.17) is 32.7 Å². The van der Waals surface area contributed by atoms with E-state index in [2.05, 4.69) is 14.7 Å². The maximum absolute atomic E-state index is 13.1. The Morgan fingerprint density at radius 1 is 1.10 bits per heavy atom. The highest BCUT2D eigenvalue weighted by molar-refractivity contribution is 6.35. The number of carbonyl (C=O) groups excluding carboxylic acids is 3. The number of nitrogens with zero attached hydrogens (tertiary/aromatic N) is 2. The number of H-pyrrole nitrogens is 1. The molecule has 1 saturated carbocycles. The van der Waals surface area contributed by atoms with Gasteiger partial charge in [-0.15, -0.1) is 0 Å². The Labute approximate surface area is 242 Å². The Balaban J connectivity index is 0.00000387. The predicted molar refractivity (Wildman–Crippen MR) is 138 cm³/mol. The fourth-order valence-corrected chi connectivity index (χ4v) is 4.72. The summed E-state index contributed by atoms with van der Waals surface area (Å²) in [5, 5.41) is 0.533. The van der Waals surface area contributed by atoms with Gasteiger partial charge < -0.3 is 19.7 Å². The average molecular weight is 610 g/mol. The van der Waals surface area contributed by atoms with Gasteiger partial charge in [0.05, 0.1) is 12.2 Å². The van der Waals surface area contributed by atoms with E-state index in [9.17, 15) is 23.2 Å². The molecular formula is C27H23Cl2F2N3O7. The molecule has 0 unspecified atom stereocenters. The summed E-state index contributed by atoms with van der Waals surface area (Å²) in [6.07, 6.45) is 5.24. The second kappa shape index (κ2) is 12.8. The number of nitrogens with one attached hydrogen (secondary N) is 1. The van der Waals surface area contributed by atoms with Crippen LogP contribution in [0.5, 0.6) is 11.5 Å². The molecule has 0 spiro atoms. The fourth-order valence-electron chi connectivity index (χ4n) is 4.19. The van der Waals surface area contributed by atoms with Crippen LogP contribution in [0.15, 0.2) is 48.9 Å². The van der Waals surface area contributed by atoms with E-state index in [0.717, 1.165) is 17.7 Å². The molecule has 0 bridgehead atoms. The maximum Gasteiger partial charge on any atom is 0.387 e. The van der Waals surface area contributed by atoms with Gasteiger partial charge in [0.25, 0.3) is 11.8 Å². The SMILES string of the molecule is O=C(CN1C(=O)c2cccnc2C1=O)O[C@@H](Cc1c(Cl)c[nH+]cc1Cl)c1ccc(OC(F)F)c(OCC2CC2)c1.[OH-]. The minimum Gasteiger partial charge on any atom is -0.870 e. The number of carbonyl (C=O) groups is 3. The van der Waals surface area contributed by atoms with Crippen molar-refractivity contribution in [3.8, 4) is 11.5 Å². The number of aromatic amines is 1. The van der Waals surface area contributed by atoms with Crippen molar-refractivity contribution < 1.29 is 47.8 Å². The largest absolute Gasteiger partial charge is 0.870 e. The lowest BCUT2D eigenvalue weighted by molar-refractivity contribution is -0.377. The second-order valence-electron chi connectivity index (χ2n) is 9.25. The highest BCUT2D eigenvalue weighted by Gasteiger charge is 2.38. The molecular weight excluding hydrogens is 587 g/mol. The number of rotatable bonds is 11. The first kappa shape index (κ1) is 30.1. The number of ether oxygens (including phenoxy) is 3. The third-order valence-electron chi connectivity index (χ3n) is 6.41. The van der Waals surface area contributed by atoms with E-state index in [0.29, 0.717) is 23.7 Å². The summed E-state index contributed by atoms with van der Waals surface area (Å²) in [5.74, 6) is -2.09. The van der Waals surface area contributed by atoms with Gasteiger partial charge in [0, 0.05) is 18.2 Å². The van der Waals surface area contributed by atoms with Gasteiger partial charge in [0.2, 0.25) is 0 Å². The van der Waals surface area contributed by atoms with Crippen LogP contribution < -0.4 is 14.5 Å². The number of hydrogen-bond donors (Lipinski definition) is 0. The summed E-state index contributed by atoms with van der Waals surface area (Å²) in [6, 6.07) is 7.14. The minimum absolute atomic E-state index is 0. The lowest BCUT2D eigenvalue weighted by Crippen LogP contribution is -2.36. The Bertz CT molecular complexity index is 1420. The molecule has 2 N–H and O–H groups in total. The number of hydrogen-bond acceptors (Lipinski definition) is 8. The van der Waals surface area contributed by atoms with Crippen LogP contribution >= 0.6 is 23.2 Å². The average Bonchev–Trinajstić information content (AvgIpc) is 3.73. The number of halogens is 4. The molecule has 216 valence electrons. The first-order valence-corrected chi connectivity index (χ1v) is 13.0. The standard InChI is InChI=1S/C27H21Cl2F2N3O6.H2O/c28-18-10-32-11-19(29)17(18)9-21(15-5-6-20(40-27(30)31)22(8-15)38-13-14-3-4-14)39-23(35)12-34-25(36)16-2-1-7-33-24(16)26(34)37;/h1-2,5-8,10-11,14,21,27H,3-4,9,12-13H2;1H2/t21-;/m0./s1. The molecule has 1 aliphatic heterocycles. The first-order valence-electron chi connectivity index (χ1n) is 12.3. The van der Waals surface area contributed by atoms with Crippen LogP contribution in [0.3, 0.4) is 0 Å². The number of esters is 1. The van der Waals surface area contributed by atoms with E-state index in [-0.39, 0.29) is 44.7 Å². The number of amides is 2. The predicted octanol–water partition coefficient (Wildman–Crippen LogP) is 4.54. The Kier molecular flexibility index (Phi) is 9.36. The third kappa shape index (κ3) is 6.89. The summed E-state index contributed by atoms with van der Waals surface area (Å²) >= 11 is 12.7. The van der Waals surface area contributed by atoms with Gasteiger partial charge in [0.15, 0.2) is 23.9 Å². The zero-order chi connectivity index (χ0) is 28.4. The van der Waals surface area contributed by atoms with Crippen molar-refractivity contribution in [1.82, 2.24) is 9.88 Å². The zero-order valence-corrected chi connectivity index (χ0v) is 22.7. The molecule has 3 aromatic rings. The first-order chi connectivity index (χ1) is 19.2. The summed E-state index contributed by atoms with van der Waals surface area (Å²) in [6.45, 7) is -3.44. The van der Waals surface area contributed by atoms with Crippen molar-refractivity contribution in [2.75, 3.05) is 13.2 Å². The molecule has 5 rings (SSSR count). The molecule has 41 heavy (non-hydrogen) atoms. The van der Waals surface area contributed by atoms with Gasteiger partial charge in [-0.05, 0) is 48.6 Å². The topological polar surface area (TPSA) is 139 Å². The molecule has 2 aliphatic rings. The summed E-state index contributed by atoms with van der Waals surface area (Å²) in [5.41, 5.74) is 0.842. The number of benzene rings is 1. The fraction of sp³-hybridized carbons (Fsp3) is 0.296. The number of fused-ring (bicyclic) bond motifs is 1. The number of imide groups is 1. The molecule has 3 heterocycles. The molecule has 1 aromatic carbocycles. The minimum atomic E-state index is -3.07. The van der Waals surface area contributed by atoms with Crippen LogP contribution in [-0.4, -0.2) is 52.9 Å². The maximum atomic E-state index is 13.1. The van der Waals surface area contributed by atoms with Crippen molar-refractivity contribution in [3.63, 3.8) is 0 Å². The molecule has 0 saturated heterocycles. The molecule has 2 amide bonds. The number of alkyl halides is 2. The lowest BCUT2D eigenvalue weighted by Gasteiger charge is -2.22. The highest BCUT2D eigenvalue weighted by Crippen LogP contribution is 2.38. The van der Waals surface area contributed by atoms with Crippen molar-refractivity contribution in [2.24, 2.45) is 5.92 Å². The molecule has 1 fully saturated rings. The van der Waals surface area contributed by atoms with E-state index >= 15 is 0 Å². The smallest absolute Gasteiger partial charge is 0.387 e. The van der Waals surface area contributed by atoms with Gasteiger partial charge in [-0.2, -0.15) is 8.78 Å². The third-order valence-corrected chi connectivity index (χ3v) is 7.08. The van der Waals surface area contributed by atoms with E-state index in [1.807, 2.05) is 0 Å². The summed E-state index contributed by atoms with van der Waals surface area (Å²) < 4.78 is 42.2. The molecule has 10 nitrogen and oxygen atoms in total. The van der Waals surface area contributed by atoms with E-state index < -0.39 is 37.0 Å². The van der Waals surface area contributed by atoms with Crippen LogP contribution in [0, 0.1) is 5.92 Å². The monoisotopic (exact) mass is 609 g/mol. The molecule has 14 heteroatoms. The van der Waals surface area contributed by atoms with Crippen LogP contribution in [-0.2, 0) is 16.0 Å². The Morgan fingerprint density at radius 2 is 1.83 bits per heavy atom. The molecule has 1 atom stereocenters. The summed E-state index contributed by atoms with van der Waals surface area (Å²) in [7, 11) is 0. The summed E-state index contributed by atoms with van der Waals surface area (Å²) in [4.78, 5) is 46.0. The van der Waals surface area contributed by atoms with Crippen LogP contribution in [0.25, 0.3) is 0 Å². The Morgan fingerprint density at radius 3 is 2.49 bits per heavy atom. The number of aromatic nitrogens is 2. The van der Waals surface area contributed by atoms with Gasteiger partial charge in [-0.25, -0.2) is 4.98 Å². The highest BCUT2D eigenvalue weighted by atomic mass is 35.5. The normalized spacial score (nSPS) is 14.9. The molecule has 2 aromatic heterocycles. The van der Waals surface area contributed by atoms with Gasteiger partial charge in [0.1, 0.15) is 28.4 Å². The quantitative estimate of drug-likeness (QED) is 0.228. The second-order valence-corrected chi connectivity index (χ2v) is 10.1. The van der Waals surface area contributed by atoms with Gasteiger partial charge in [-0.1, -0.05) is 29.3 Å². The van der Waals surface area contributed by atoms with E-state index in [1.165, 1.54) is 48.9 Å². The van der Waals surface area contributed by atoms with Crippen LogP contribution in [0.2, 0.25) is 10.0 Å². The van der Waals surface area contributed by atoms with Crippen molar-refractivity contribution in [3.05, 3.63) is 81.4 Å². The van der Waals surface area contributed by atoms with Crippen molar-refractivity contribution >= 4 is 41.0 Å². The number of pyridine rings is 2. The molecule has 1 aliphatic carbocycles. The Hall–Kier alpha value is -3.87. The van der Waals surface area contributed by atoms with Crippen molar-refractivity contribution in [2.45, 2.75) is 32.0 Å². The lowest BCUT2D eigenvalue weighted by atomic mass is 10.0.